The molecular formula is C36H31BO2. The molecule has 0 aromatic heterocycles. The Bertz CT molecular complexity index is 1840. The Morgan fingerprint density at radius 1 is 0.487 bits per heavy atom. The van der Waals surface area contributed by atoms with E-state index in [1.807, 2.05) is 0 Å². The first-order chi connectivity index (χ1) is 18.9. The fourth-order valence-electron chi connectivity index (χ4n) is 6.04. The van der Waals surface area contributed by atoms with Gasteiger partial charge in [-0.1, -0.05) is 115 Å². The Balaban J connectivity index is 1.73. The average molecular weight is 506 g/mol. The molecule has 1 saturated heterocycles. The lowest BCUT2D eigenvalue weighted by Crippen LogP contribution is -2.41. The van der Waals surface area contributed by atoms with E-state index in [2.05, 4.69) is 143 Å². The quantitative estimate of drug-likeness (QED) is 0.176. The molecule has 190 valence electrons. The van der Waals surface area contributed by atoms with Crippen molar-refractivity contribution in [3.63, 3.8) is 0 Å². The Morgan fingerprint density at radius 2 is 0.923 bits per heavy atom. The first-order valence-corrected chi connectivity index (χ1v) is 13.7. The van der Waals surface area contributed by atoms with Crippen molar-refractivity contribution in [3.05, 3.63) is 115 Å². The van der Waals surface area contributed by atoms with Crippen molar-refractivity contribution in [2.45, 2.75) is 38.9 Å². The van der Waals surface area contributed by atoms with Crippen LogP contribution in [0.25, 0.3) is 54.6 Å². The molecule has 0 spiro atoms. The van der Waals surface area contributed by atoms with Crippen LogP contribution < -0.4 is 5.46 Å². The van der Waals surface area contributed by atoms with E-state index in [1.54, 1.807) is 0 Å². The largest absolute Gasteiger partial charge is 0.495 e. The summed E-state index contributed by atoms with van der Waals surface area (Å²) in [5.41, 5.74) is 4.87. The first kappa shape index (κ1) is 24.1. The van der Waals surface area contributed by atoms with Crippen molar-refractivity contribution in [3.8, 4) is 22.3 Å². The zero-order valence-corrected chi connectivity index (χ0v) is 22.9. The Labute approximate surface area is 230 Å². The third-order valence-corrected chi connectivity index (χ3v) is 8.70. The lowest BCUT2D eigenvalue weighted by molar-refractivity contribution is 0.00578. The van der Waals surface area contributed by atoms with Crippen molar-refractivity contribution in [2.24, 2.45) is 0 Å². The van der Waals surface area contributed by atoms with Crippen molar-refractivity contribution < 1.29 is 9.31 Å². The smallest absolute Gasteiger partial charge is 0.399 e. The fraction of sp³-hybridized carbons (Fsp3) is 0.167. The van der Waals surface area contributed by atoms with E-state index in [4.69, 9.17) is 9.31 Å². The third-order valence-electron chi connectivity index (χ3n) is 8.70. The second kappa shape index (κ2) is 8.81. The van der Waals surface area contributed by atoms with Gasteiger partial charge in [0.05, 0.1) is 11.2 Å². The second-order valence-electron chi connectivity index (χ2n) is 11.5. The van der Waals surface area contributed by atoms with Gasteiger partial charge in [-0.3, -0.25) is 0 Å². The molecule has 1 aliphatic rings. The molecule has 0 aliphatic carbocycles. The zero-order valence-electron chi connectivity index (χ0n) is 22.9. The van der Waals surface area contributed by atoms with Crippen LogP contribution in [0.5, 0.6) is 0 Å². The first-order valence-electron chi connectivity index (χ1n) is 13.7. The molecule has 3 heteroatoms. The molecule has 1 fully saturated rings. The number of fused-ring (bicyclic) bond motifs is 6. The summed E-state index contributed by atoms with van der Waals surface area (Å²) in [5, 5.41) is 7.50. The maximum absolute atomic E-state index is 6.73. The molecule has 0 amide bonds. The summed E-state index contributed by atoms with van der Waals surface area (Å²) in [4.78, 5) is 0. The summed E-state index contributed by atoms with van der Waals surface area (Å²) >= 11 is 0. The van der Waals surface area contributed by atoms with Crippen molar-refractivity contribution in [1.82, 2.24) is 0 Å². The minimum Gasteiger partial charge on any atom is -0.399 e. The van der Waals surface area contributed by atoms with Crippen LogP contribution >= 0.6 is 0 Å². The Hall–Kier alpha value is -3.92. The van der Waals surface area contributed by atoms with Crippen LogP contribution in [0.15, 0.2) is 115 Å². The molecule has 7 rings (SSSR count). The molecular weight excluding hydrogens is 475 g/mol. The fourth-order valence-corrected chi connectivity index (χ4v) is 6.04. The van der Waals surface area contributed by atoms with E-state index < -0.39 is 18.3 Å². The van der Waals surface area contributed by atoms with E-state index in [0.717, 1.165) is 11.0 Å². The molecule has 2 nitrogen and oxygen atoms in total. The average Bonchev–Trinajstić information content (AvgIpc) is 3.19. The Kier molecular flexibility index (Phi) is 5.45. The van der Waals surface area contributed by atoms with E-state index in [9.17, 15) is 0 Å². The van der Waals surface area contributed by atoms with Crippen LogP contribution in [0.2, 0.25) is 0 Å². The van der Waals surface area contributed by atoms with Gasteiger partial charge in [0.15, 0.2) is 0 Å². The van der Waals surface area contributed by atoms with Gasteiger partial charge in [-0.25, -0.2) is 0 Å². The van der Waals surface area contributed by atoms with Gasteiger partial charge in [0, 0.05) is 0 Å². The van der Waals surface area contributed by atoms with Crippen LogP contribution in [0.4, 0.5) is 0 Å². The van der Waals surface area contributed by atoms with Gasteiger partial charge in [0.1, 0.15) is 0 Å². The molecule has 6 aromatic rings. The number of hydrogen-bond acceptors (Lipinski definition) is 2. The molecule has 6 aromatic carbocycles. The van der Waals surface area contributed by atoms with Crippen molar-refractivity contribution in [2.75, 3.05) is 0 Å². The van der Waals surface area contributed by atoms with Crippen molar-refractivity contribution in [1.29, 1.82) is 0 Å². The van der Waals surface area contributed by atoms with E-state index in [1.165, 1.54) is 49.0 Å². The van der Waals surface area contributed by atoms with Crippen LogP contribution in [0.3, 0.4) is 0 Å². The SMILES string of the molecule is CC1(C)OB(c2cc(-c3ccccc3)c3c4ccccc4c4ccccc4c3c2-c2ccccc2)OC1(C)C. The maximum atomic E-state index is 6.73. The summed E-state index contributed by atoms with van der Waals surface area (Å²) in [7, 11) is -0.498. The number of hydrogen-bond donors (Lipinski definition) is 0. The number of rotatable bonds is 3. The number of benzene rings is 6. The van der Waals surface area contributed by atoms with Gasteiger partial charge >= 0.3 is 7.12 Å². The molecule has 0 saturated carbocycles. The minimum atomic E-state index is -0.498. The van der Waals surface area contributed by atoms with Crippen LogP contribution in [-0.2, 0) is 9.31 Å². The molecule has 0 N–H and O–H groups in total. The minimum absolute atomic E-state index is 0.445. The third kappa shape index (κ3) is 3.72. The Morgan fingerprint density at radius 3 is 1.46 bits per heavy atom. The monoisotopic (exact) mass is 506 g/mol. The van der Waals surface area contributed by atoms with Gasteiger partial charge < -0.3 is 9.31 Å². The lowest BCUT2D eigenvalue weighted by Gasteiger charge is -2.32. The van der Waals surface area contributed by atoms with Gasteiger partial charge in [-0.15, -0.1) is 0 Å². The highest BCUT2D eigenvalue weighted by atomic mass is 16.7. The standard InChI is InChI=1S/C36H31BO2/c1-35(2)36(3,4)39-37(38-35)31-23-30(24-15-7-5-8-16-24)33-28-21-13-11-19-26(28)27-20-12-14-22-29(27)34(33)32(31)25-17-9-6-10-18-25/h5-23H,1-4H3. The highest BCUT2D eigenvalue weighted by Crippen LogP contribution is 2.45. The van der Waals surface area contributed by atoms with Crippen LogP contribution in [-0.4, -0.2) is 18.3 Å². The lowest BCUT2D eigenvalue weighted by atomic mass is 9.70. The highest BCUT2D eigenvalue weighted by molar-refractivity contribution is 6.65. The highest BCUT2D eigenvalue weighted by Gasteiger charge is 2.52. The molecule has 0 unspecified atom stereocenters. The van der Waals surface area contributed by atoms with Crippen molar-refractivity contribution >= 4 is 44.9 Å². The molecule has 0 atom stereocenters. The molecule has 0 radical (unpaired) electrons. The normalized spacial score (nSPS) is 16.4. The van der Waals surface area contributed by atoms with Gasteiger partial charge in [-0.2, -0.15) is 0 Å². The van der Waals surface area contributed by atoms with Crippen LogP contribution in [0.1, 0.15) is 27.7 Å². The summed E-state index contributed by atoms with van der Waals surface area (Å²) in [5.74, 6) is 0. The molecule has 1 aliphatic heterocycles. The maximum Gasteiger partial charge on any atom is 0.495 e. The summed E-state index contributed by atoms with van der Waals surface area (Å²) in [6, 6.07) is 41.3. The summed E-state index contributed by atoms with van der Waals surface area (Å²) in [6.07, 6.45) is 0. The van der Waals surface area contributed by atoms with Gasteiger partial charge in [-0.05, 0) is 87.7 Å². The predicted octanol–water partition coefficient (Wildman–Crippen LogP) is 8.78. The summed E-state index contributed by atoms with van der Waals surface area (Å²) < 4.78 is 13.5. The second-order valence-corrected chi connectivity index (χ2v) is 11.5. The van der Waals surface area contributed by atoms with Gasteiger partial charge in [0.2, 0.25) is 0 Å². The predicted molar refractivity (Wildman–Crippen MR) is 166 cm³/mol. The van der Waals surface area contributed by atoms with E-state index in [-0.39, 0.29) is 0 Å². The topological polar surface area (TPSA) is 18.5 Å². The van der Waals surface area contributed by atoms with E-state index >= 15 is 0 Å². The summed E-state index contributed by atoms with van der Waals surface area (Å²) in [6.45, 7) is 8.49. The molecule has 0 bridgehead atoms. The molecule has 1 heterocycles. The zero-order chi connectivity index (χ0) is 26.8. The van der Waals surface area contributed by atoms with Crippen LogP contribution in [0, 0.1) is 0 Å². The molecule has 39 heavy (non-hydrogen) atoms. The van der Waals surface area contributed by atoms with Gasteiger partial charge in [0.25, 0.3) is 0 Å². The van der Waals surface area contributed by atoms with E-state index in [0.29, 0.717) is 0 Å².